The van der Waals surface area contributed by atoms with E-state index < -0.39 is 0 Å². The van der Waals surface area contributed by atoms with Crippen LogP contribution in [0, 0.1) is 41.5 Å². The predicted octanol–water partition coefficient (Wildman–Crippen LogP) is 23.4. The molecule has 126 heavy (non-hydrogen) atoms. The quantitative estimate of drug-likeness (QED) is 0.149. The molecule has 0 saturated heterocycles. The van der Waals surface area contributed by atoms with Gasteiger partial charge in [-0.2, -0.15) is 9.13 Å². The van der Waals surface area contributed by atoms with Crippen LogP contribution in [0.1, 0.15) is 33.4 Å². The zero-order valence-corrected chi connectivity index (χ0v) is 73.5. The number of rotatable bonds is 6. The molecule has 0 unspecified atom stereocenters. The van der Waals surface area contributed by atoms with Gasteiger partial charge in [-0.25, -0.2) is 18.3 Å². The number of para-hydroxylation sites is 2. The Morgan fingerprint density at radius 1 is 0.222 bits per heavy atom. The Labute approximate surface area is 734 Å². The summed E-state index contributed by atoms with van der Waals surface area (Å²) in [6.07, 6.45) is 34.1. The van der Waals surface area contributed by atoms with Crippen molar-refractivity contribution in [3.05, 3.63) is 436 Å². The molecule has 0 bridgehead atoms. The van der Waals surface area contributed by atoms with E-state index in [9.17, 15) is 0 Å². The molecule has 0 radical (unpaired) electrons. The highest BCUT2D eigenvalue weighted by Crippen LogP contribution is 2.37. The van der Waals surface area contributed by atoms with Gasteiger partial charge in [-0.3, -0.25) is 0 Å². The minimum Gasteiger partial charge on any atom is -0.324 e. The van der Waals surface area contributed by atoms with Crippen molar-refractivity contribution in [1.82, 2.24) is 26.4 Å². The van der Waals surface area contributed by atoms with Crippen LogP contribution in [0.25, 0.3) is 166 Å². The number of pyridine rings is 12. The zero-order chi connectivity index (χ0) is 86.4. The van der Waals surface area contributed by atoms with Gasteiger partial charge in [0.2, 0.25) is 45.2 Å². The van der Waals surface area contributed by atoms with Gasteiger partial charge in [-0.05, 0) is 248 Å². The molecule has 0 aliphatic carbocycles. The Morgan fingerprint density at radius 2 is 0.595 bits per heavy atom. The standard InChI is InChI=1S/6C19H17N2/c1-14-6-5-11-21-13-10-17(18(14)21)19-16-8-4-3-7-15(16)9-12-20(19)2;1-14-12-16-7-5-11-21(16)13-17(14)19-10-9-15-6-3-4-8-18(15)20(19)2;1-14-13-21-10-5-7-16(21)12-18(14)19-17-8-4-3-6-15(17)9-11-20(19)2;1-14-9-13-21-11-5-8-17(18(14)21)19-16-7-4-3-6-15(16)10-12-20(19)2;1-14-16(10-13-21-11-5-8-18(14)21)19-17-7-4-3-6-15(17)9-12-20(19)2;1-14-11-13-21-12-5-8-18(21)19(14)17-10-9-15-6-3-4-7-16(15)20(17)2/h6*3-13H,1-2H3/q6*+1. The van der Waals surface area contributed by atoms with Gasteiger partial charge in [-0.15, -0.1) is 0 Å². The Kier molecular flexibility index (Phi) is 21.6. The molecule has 6 aromatic carbocycles. The first-order valence-electron chi connectivity index (χ1n) is 43.2. The van der Waals surface area contributed by atoms with Crippen LogP contribution in [0.3, 0.4) is 0 Å². The molecule has 12 nitrogen and oxygen atoms in total. The maximum atomic E-state index is 2.28. The molecule has 12 heteroatoms. The van der Waals surface area contributed by atoms with Crippen LogP contribution in [0.4, 0.5) is 0 Å². The Morgan fingerprint density at radius 3 is 1.15 bits per heavy atom. The van der Waals surface area contributed by atoms with Gasteiger partial charge in [0.1, 0.15) is 42.3 Å². The van der Waals surface area contributed by atoms with Gasteiger partial charge < -0.3 is 26.4 Å². The number of hydrogen-bond donors (Lipinski definition) is 0. The third kappa shape index (κ3) is 15.0. The van der Waals surface area contributed by atoms with Gasteiger partial charge in [0.15, 0.2) is 24.8 Å². The first-order valence-corrected chi connectivity index (χ1v) is 43.2. The molecule has 0 spiro atoms. The molecule has 0 saturated carbocycles. The van der Waals surface area contributed by atoms with Gasteiger partial charge in [0.05, 0.1) is 71.5 Å². The highest BCUT2D eigenvalue weighted by Gasteiger charge is 2.26. The number of fused-ring (bicyclic) bond motifs is 12. The summed E-state index contributed by atoms with van der Waals surface area (Å²) < 4.78 is 26.5. The normalized spacial score (nSPS) is 11.3. The van der Waals surface area contributed by atoms with E-state index in [0.29, 0.717) is 0 Å². The van der Waals surface area contributed by atoms with Crippen molar-refractivity contribution in [2.45, 2.75) is 41.5 Å². The molecule has 0 aliphatic heterocycles. The smallest absolute Gasteiger partial charge is 0.222 e. The SMILES string of the molecule is Cc1c(-c2c3ccccc3cc[n+]2C)ccn2cccc12.Cc1cc2cccn2cc1-c1ccc2ccccc2[n+]1C.Cc1cccn2ccc(-c3c4ccccc4cc[n+]3C)c12.Cc1ccn2cccc(-c3c4ccccc4cc[n+]3C)c12.Cc1ccn2cccc2c1-c1ccc2ccccc2[n+]1C.Cc1cn2cccc2cc1-c1c2ccccc2cc[n+]1C. The van der Waals surface area contributed by atoms with Crippen molar-refractivity contribution >= 4 is 98.0 Å². The number of aryl methyl sites for hydroxylation is 12. The average molecular weight is 1640 g/mol. The van der Waals surface area contributed by atoms with E-state index in [-0.39, 0.29) is 0 Å². The molecule has 612 valence electrons. The minimum absolute atomic E-state index is 1.23. The summed E-state index contributed by atoms with van der Waals surface area (Å²) in [7, 11) is 12.7. The minimum atomic E-state index is 1.23. The summed E-state index contributed by atoms with van der Waals surface area (Å²) in [6.45, 7) is 13.1. The summed E-state index contributed by atoms with van der Waals surface area (Å²) in [5, 5.41) is 12.8. The van der Waals surface area contributed by atoms with Crippen molar-refractivity contribution in [3.8, 4) is 67.5 Å². The maximum Gasteiger partial charge on any atom is 0.222 e. The third-order valence-corrected chi connectivity index (χ3v) is 25.3. The second-order valence-electron chi connectivity index (χ2n) is 33.2. The van der Waals surface area contributed by atoms with Crippen LogP contribution in [0.2, 0.25) is 0 Å². The molecule has 0 fully saturated rings. The lowest BCUT2D eigenvalue weighted by Gasteiger charge is -2.09. The molecule has 0 amide bonds. The zero-order valence-electron chi connectivity index (χ0n) is 73.5. The van der Waals surface area contributed by atoms with Crippen molar-refractivity contribution in [2.24, 2.45) is 42.3 Å². The highest BCUT2D eigenvalue weighted by atomic mass is 15.0. The fourth-order valence-electron chi connectivity index (χ4n) is 18.8. The molecule has 0 N–H and O–H groups in total. The van der Waals surface area contributed by atoms with Crippen molar-refractivity contribution in [2.75, 3.05) is 0 Å². The monoisotopic (exact) mass is 1640 g/mol. The van der Waals surface area contributed by atoms with Crippen molar-refractivity contribution in [3.63, 3.8) is 0 Å². The Balaban J connectivity index is 0.0000000987. The summed E-state index contributed by atoms with van der Waals surface area (Å²) >= 11 is 0. The lowest BCUT2D eigenvalue weighted by atomic mass is 10.00. The van der Waals surface area contributed by atoms with E-state index in [4.69, 9.17) is 0 Å². The molecular formula is C114H102N12+6. The van der Waals surface area contributed by atoms with E-state index in [0.717, 1.165) is 0 Å². The van der Waals surface area contributed by atoms with Crippen LogP contribution in [-0.2, 0) is 42.3 Å². The van der Waals surface area contributed by atoms with Gasteiger partial charge in [0, 0.05) is 150 Å². The lowest BCUT2D eigenvalue weighted by molar-refractivity contribution is -0.659. The van der Waals surface area contributed by atoms with Crippen molar-refractivity contribution < 1.29 is 27.4 Å². The first-order chi connectivity index (χ1) is 61.5. The van der Waals surface area contributed by atoms with Crippen LogP contribution < -0.4 is 27.4 Å². The molecule has 24 rings (SSSR count). The molecule has 24 aromatic rings. The molecular weight excluding hydrogens is 1540 g/mol. The summed E-state index contributed by atoms with van der Waals surface area (Å²) in [5.41, 5.74) is 33.1. The molecule has 18 heterocycles. The maximum absolute atomic E-state index is 2.28. The van der Waals surface area contributed by atoms with E-state index in [1.165, 1.54) is 199 Å². The molecule has 0 atom stereocenters. The van der Waals surface area contributed by atoms with Gasteiger partial charge in [0.25, 0.3) is 0 Å². The Bertz CT molecular complexity index is 8190. The van der Waals surface area contributed by atoms with E-state index in [2.05, 4.69) is 540 Å². The highest BCUT2D eigenvalue weighted by molar-refractivity contribution is 6.00. The lowest BCUT2D eigenvalue weighted by Crippen LogP contribution is -2.32. The molecule has 18 aromatic heterocycles. The van der Waals surface area contributed by atoms with Gasteiger partial charge >= 0.3 is 0 Å². The fraction of sp³-hybridized carbons (Fsp3) is 0.105. The second kappa shape index (κ2) is 34.0. The molecule has 0 aliphatic rings. The summed E-state index contributed by atoms with van der Waals surface area (Å²) in [5.74, 6) is 0. The number of nitrogens with zero attached hydrogens (tertiary/aromatic N) is 12. The third-order valence-electron chi connectivity index (χ3n) is 25.3. The topological polar surface area (TPSA) is 49.7 Å². The second-order valence-corrected chi connectivity index (χ2v) is 33.2. The Hall–Kier alpha value is -15.7. The van der Waals surface area contributed by atoms with Crippen LogP contribution in [-0.4, -0.2) is 26.4 Å². The predicted molar refractivity (Wildman–Crippen MR) is 518 cm³/mol. The first kappa shape index (κ1) is 80.1. The fourth-order valence-corrected chi connectivity index (χ4v) is 18.8. The van der Waals surface area contributed by atoms with E-state index >= 15 is 0 Å². The average Bonchev–Trinajstić information content (AvgIpc) is 1.44. The van der Waals surface area contributed by atoms with E-state index in [1.54, 1.807) is 0 Å². The van der Waals surface area contributed by atoms with Crippen LogP contribution in [0.5, 0.6) is 0 Å². The van der Waals surface area contributed by atoms with Crippen molar-refractivity contribution in [1.29, 1.82) is 0 Å². The number of aromatic nitrogens is 12. The number of hydrogen-bond acceptors (Lipinski definition) is 0. The van der Waals surface area contributed by atoms with Gasteiger partial charge in [-0.1, -0.05) is 103 Å². The largest absolute Gasteiger partial charge is 0.324 e. The van der Waals surface area contributed by atoms with Crippen LogP contribution >= 0.6 is 0 Å². The van der Waals surface area contributed by atoms with Crippen LogP contribution in [0.15, 0.2) is 402 Å². The van der Waals surface area contributed by atoms with E-state index in [1.807, 2.05) is 0 Å². The summed E-state index contributed by atoms with van der Waals surface area (Å²) in [6, 6.07) is 108. The summed E-state index contributed by atoms with van der Waals surface area (Å²) in [4.78, 5) is 0. The number of benzene rings is 6.